The standard InChI is InChI=1S/C17H21F3N2O2.C5H10N2.C4H6BrF.C2H6/c1-4-12(2)15(11-21-24-3)22-16(23)10-7-13-5-8-14(9-6-13)17(18,19)20;1-3-4-7-5-6-2;1-2-4(5)3-6;1-2/h5-6,8-9,11,15H,2,4,7,10H2,1,3H3,(H,22,23);3-5H,1-2H3,(H,6,7);2H,3H2,1H3;1-2H3/b;4-3+;4-2+;. The molecule has 0 aliphatic heterocycles. The number of halogens is 5. The van der Waals surface area contributed by atoms with Crippen molar-refractivity contribution in [3.8, 4) is 0 Å². The van der Waals surface area contributed by atoms with Crippen LogP contribution in [0.2, 0.25) is 0 Å². The van der Waals surface area contributed by atoms with Gasteiger partial charge in [-0.1, -0.05) is 72.7 Å². The number of carbonyl (C=O) groups excluding carboxylic acids is 1. The van der Waals surface area contributed by atoms with E-state index in [1.807, 2.05) is 40.0 Å². The molecule has 0 aliphatic rings. The molecule has 0 fully saturated rings. The third-order valence-corrected chi connectivity index (χ3v) is 5.02. The minimum Gasteiger partial charge on any atom is -0.399 e. The molecule has 1 amide bonds. The highest BCUT2D eigenvalue weighted by molar-refractivity contribution is 9.11. The van der Waals surface area contributed by atoms with Crippen molar-refractivity contribution in [1.82, 2.24) is 10.6 Å². The molecule has 222 valence electrons. The van der Waals surface area contributed by atoms with Gasteiger partial charge < -0.3 is 15.5 Å². The number of nitrogens with one attached hydrogen (secondary N) is 2. The van der Waals surface area contributed by atoms with E-state index in [-0.39, 0.29) is 12.3 Å². The van der Waals surface area contributed by atoms with E-state index in [1.54, 1.807) is 26.4 Å². The first kappa shape index (κ1) is 40.5. The zero-order valence-electron chi connectivity index (χ0n) is 23.9. The first-order valence-corrected chi connectivity index (χ1v) is 13.1. The van der Waals surface area contributed by atoms with Crippen molar-refractivity contribution in [3.05, 3.63) is 70.4 Å². The highest BCUT2D eigenvalue weighted by Crippen LogP contribution is 2.29. The Hall–Kier alpha value is -2.95. The summed E-state index contributed by atoms with van der Waals surface area (Å²) in [6.07, 6.45) is 5.27. The molecule has 0 saturated carbocycles. The monoisotopic (exact) mass is 622 g/mol. The number of benzene rings is 1. The fourth-order valence-corrected chi connectivity index (χ4v) is 2.24. The summed E-state index contributed by atoms with van der Waals surface area (Å²) in [6.45, 7) is 13.1. The molecule has 0 spiro atoms. The van der Waals surface area contributed by atoms with E-state index in [4.69, 9.17) is 0 Å². The Morgan fingerprint density at radius 2 is 1.79 bits per heavy atom. The fourth-order valence-electron chi connectivity index (χ4n) is 2.24. The lowest BCUT2D eigenvalue weighted by atomic mass is 10.1. The number of allylic oxidation sites excluding steroid dienone is 3. The summed E-state index contributed by atoms with van der Waals surface area (Å²) in [7, 11) is 3.12. The Kier molecular flexibility index (Phi) is 27.7. The van der Waals surface area contributed by atoms with Crippen molar-refractivity contribution in [2.45, 2.75) is 66.1 Å². The normalized spacial score (nSPS) is 11.9. The van der Waals surface area contributed by atoms with Gasteiger partial charge in [0.2, 0.25) is 5.91 Å². The summed E-state index contributed by atoms with van der Waals surface area (Å²) < 4.78 is 49.4. The first-order chi connectivity index (χ1) is 18.5. The van der Waals surface area contributed by atoms with Crippen LogP contribution in [0.1, 0.15) is 58.6 Å². The van der Waals surface area contributed by atoms with Crippen LogP contribution in [0.15, 0.2) is 69.4 Å². The van der Waals surface area contributed by atoms with Crippen molar-refractivity contribution < 1.29 is 27.2 Å². The Morgan fingerprint density at radius 1 is 1.21 bits per heavy atom. The average molecular weight is 624 g/mol. The van der Waals surface area contributed by atoms with Crippen LogP contribution in [-0.2, 0) is 22.2 Å². The van der Waals surface area contributed by atoms with Gasteiger partial charge in [-0.2, -0.15) is 13.2 Å². The van der Waals surface area contributed by atoms with Crippen LogP contribution in [0.4, 0.5) is 17.6 Å². The molecule has 1 aromatic carbocycles. The molecule has 1 atom stereocenters. The second-order valence-corrected chi connectivity index (χ2v) is 8.13. The molecule has 1 aromatic rings. The van der Waals surface area contributed by atoms with E-state index < -0.39 is 24.5 Å². The minimum atomic E-state index is -4.36. The molecule has 6 nitrogen and oxygen atoms in total. The van der Waals surface area contributed by atoms with Crippen LogP contribution in [0.25, 0.3) is 0 Å². The fraction of sp³-hybridized carbons (Fsp3) is 0.464. The number of nitrogens with zero attached hydrogens (tertiary/aromatic N) is 2. The summed E-state index contributed by atoms with van der Waals surface area (Å²) >= 11 is 2.96. The molecule has 1 unspecified atom stereocenters. The molecule has 11 heteroatoms. The smallest absolute Gasteiger partial charge is 0.399 e. The lowest BCUT2D eigenvalue weighted by molar-refractivity contribution is -0.137. The molecule has 0 aromatic heterocycles. The molecule has 1 rings (SSSR count). The number of aryl methyl sites for hydroxylation is 1. The maximum atomic E-state index is 12.5. The number of carbonyl (C=O) groups is 1. The van der Waals surface area contributed by atoms with Crippen molar-refractivity contribution in [2.75, 3.05) is 20.8 Å². The number of amides is 1. The van der Waals surface area contributed by atoms with E-state index in [2.05, 4.69) is 48.1 Å². The highest BCUT2D eigenvalue weighted by atomic mass is 79.9. The van der Waals surface area contributed by atoms with Gasteiger partial charge >= 0.3 is 6.18 Å². The van der Waals surface area contributed by atoms with E-state index in [9.17, 15) is 22.4 Å². The van der Waals surface area contributed by atoms with Gasteiger partial charge in [0, 0.05) is 18.0 Å². The molecule has 0 saturated heterocycles. The van der Waals surface area contributed by atoms with Crippen molar-refractivity contribution in [1.29, 1.82) is 0 Å². The average Bonchev–Trinajstić information content (AvgIpc) is 2.95. The summed E-state index contributed by atoms with van der Waals surface area (Å²) in [5.41, 5.74) is 0.735. The Labute approximate surface area is 239 Å². The molecule has 0 heterocycles. The van der Waals surface area contributed by atoms with Gasteiger partial charge in [0.15, 0.2) is 0 Å². The first-order valence-electron chi connectivity index (χ1n) is 12.3. The van der Waals surface area contributed by atoms with Gasteiger partial charge in [-0.05, 0) is 56.2 Å². The molecular formula is C28H43BrF4N4O2. The molecule has 0 aliphatic carbocycles. The summed E-state index contributed by atoms with van der Waals surface area (Å²) in [5.74, 6) is -0.239. The van der Waals surface area contributed by atoms with Gasteiger partial charge in [0.25, 0.3) is 0 Å². The Bertz CT molecular complexity index is 875. The molecule has 39 heavy (non-hydrogen) atoms. The molecular weight excluding hydrogens is 580 g/mol. The molecule has 0 bridgehead atoms. The van der Waals surface area contributed by atoms with E-state index in [1.165, 1.54) is 25.5 Å². The van der Waals surface area contributed by atoms with Gasteiger partial charge in [-0.25, -0.2) is 4.39 Å². The van der Waals surface area contributed by atoms with Crippen molar-refractivity contribution in [3.63, 3.8) is 0 Å². The second-order valence-electron chi connectivity index (χ2n) is 7.11. The maximum Gasteiger partial charge on any atom is 0.416 e. The Morgan fingerprint density at radius 3 is 2.18 bits per heavy atom. The summed E-state index contributed by atoms with van der Waals surface area (Å²) in [4.78, 5) is 20.3. The molecule has 0 radical (unpaired) electrons. The van der Waals surface area contributed by atoms with E-state index >= 15 is 0 Å². The van der Waals surface area contributed by atoms with Gasteiger partial charge in [-0.15, -0.1) is 0 Å². The number of alkyl halides is 4. The maximum absolute atomic E-state index is 12.5. The Balaban J connectivity index is -0.000000708. The number of hydrogen-bond acceptors (Lipinski definition) is 4. The van der Waals surface area contributed by atoms with Crippen LogP contribution < -0.4 is 10.6 Å². The quantitative estimate of drug-likeness (QED) is 0.0870. The number of aliphatic imine (C=N–C) groups is 1. The van der Waals surface area contributed by atoms with Crippen LogP contribution >= 0.6 is 15.9 Å². The van der Waals surface area contributed by atoms with E-state index in [0.29, 0.717) is 22.9 Å². The third-order valence-electron chi connectivity index (χ3n) is 4.36. The lowest BCUT2D eigenvalue weighted by Crippen LogP contribution is -2.37. The van der Waals surface area contributed by atoms with E-state index in [0.717, 1.165) is 17.7 Å². The number of hydrogen-bond donors (Lipinski definition) is 2. The minimum absolute atomic E-state index is 0.152. The van der Waals surface area contributed by atoms with Gasteiger partial charge in [-0.3, -0.25) is 9.79 Å². The predicted octanol–water partition coefficient (Wildman–Crippen LogP) is 7.77. The zero-order chi connectivity index (χ0) is 30.7. The summed E-state index contributed by atoms with van der Waals surface area (Å²) in [5, 5.41) is 9.21. The predicted molar refractivity (Wildman–Crippen MR) is 159 cm³/mol. The zero-order valence-corrected chi connectivity index (χ0v) is 25.5. The van der Waals surface area contributed by atoms with Crippen LogP contribution in [0, 0.1) is 0 Å². The second kappa shape index (κ2) is 26.6. The van der Waals surface area contributed by atoms with Crippen LogP contribution in [0.3, 0.4) is 0 Å². The topological polar surface area (TPSA) is 75.1 Å². The number of rotatable bonds is 11. The van der Waals surface area contributed by atoms with Gasteiger partial charge in [0.05, 0.1) is 24.2 Å². The van der Waals surface area contributed by atoms with Crippen molar-refractivity contribution in [2.24, 2.45) is 10.1 Å². The SMILES string of the molecule is C/C=C(/Br)CF.C/C=C/NC=NC.C=C(CC)C(C=NOC)NC(=O)CCc1ccc(C(F)(F)F)cc1.CC. The summed E-state index contributed by atoms with van der Waals surface area (Å²) in [6, 6.07) is 4.35. The molecule has 2 N–H and O–H groups in total. The van der Waals surface area contributed by atoms with Crippen LogP contribution in [-0.4, -0.2) is 45.3 Å². The van der Waals surface area contributed by atoms with Crippen LogP contribution in [0.5, 0.6) is 0 Å². The van der Waals surface area contributed by atoms with Gasteiger partial charge in [0.1, 0.15) is 13.8 Å². The third kappa shape index (κ3) is 23.9. The lowest BCUT2D eigenvalue weighted by Gasteiger charge is -2.16. The van der Waals surface area contributed by atoms with Crippen molar-refractivity contribution >= 4 is 34.4 Å². The number of oxime groups is 1. The largest absolute Gasteiger partial charge is 0.416 e. The highest BCUT2D eigenvalue weighted by Gasteiger charge is 2.29.